The number of hydrogen-bond donors (Lipinski definition) is 1. The Morgan fingerprint density at radius 1 is 0.962 bits per heavy atom. The second-order valence-corrected chi connectivity index (χ2v) is 5.48. The van der Waals surface area contributed by atoms with E-state index in [1.54, 1.807) is 13.0 Å². The number of ether oxygens (including phenoxy) is 3. The molecule has 0 heterocycles. The van der Waals surface area contributed by atoms with Gasteiger partial charge in [0.25, 0.3) is 0 Å². The molecule has 2 aromatic carbocycles. The molecule has 2 aromatic rings. The van der Waals surface area contributed by atoms with Crippen LogP contribution in [-0.2, 0) is 27.3 Å². The van der Waals surface area contributed by atoms with E-state index in [-0.39, 0.29) is 13.2 Å². The summed E-state index contributed by atoms with van der Waals surface area (Å²) in [4.78, 5) is 23.0. The number of hydrogen-bond acceptors (Lipinski definition) is 5. The molecule has 0 aromatic heterocycles. The van der Waals surface area contributed by atoms with Crippen molar-refractivity contribution in [1.29, 1.82) is 0 Å². The number of carbonyl (C=O) groups is 2. The van der Waals surface area contributed by atoms with Crippen LogP contribution in [0.3, 0.4) is 0 Å². The van der Waals surface area contributed by atoms with Gasteiger partial charge in [0.15, 0.2) is 6.61 Å². The monoisotopic (exact) mass is 357 g/mol. The van der Waals surface area contributed by atoms with E-state index >= 15 is 0 Å². The Balaban J connectivity index is 1.69. The normalized spacial score (nSPS) is 10.0. The van der Waals surface area contributed by atoms with Crippen molar-refractivity contribution in [2.45, 2.75) is 20.0 Å². The van der Waals surface area contributed by atoms with Gasteiger partial charge in [0.05, 0.1) is 6.61 Å². The molecule has 6 nitrogen and oxygen atoms in total. The van der Waals surface area contributed by atoms with Crippen molar-refractivity contribution >= 4 is 12.1 Å². The third-order valence-electron chi connectivity index (χ3n) is 3.46. The van der Waals surface area contributed by atoms with Gasteiger partial charge in [0, 0.05) is 6.54 Å². The SMILES string of the molecule is CCOC(=O)COc1cccc(CCNC(=O)OCc2ccccc2)c1. The molecular formula is C20H23NO5. The first kappa shape index (κ1) is 19.3. The molecule has 0 fully saturated rings. The van der Waals surface area contributed by atoms with Gasteiger partial charge in [0.2, 0.25) is 0 Å². The molecule has 1 amide bonds. The fourth-order valence-corrected chi connectivity index (χ4v) is 2.22. The zero-order valence-electron chi connectivity index (χ0n) is 14.8. The maximum absolute atomic E-state index is 11.7. The van der Waals surface area contributed by atoms with Crippen LogP contribution in [0.5, 0.6) is 5.75 Å². The number of alkyl carbamates (subject to hydrolysis) is 1. The molecule has 0 radical (unpaired) electrons. The number of nitrogens with one attached hydrogen (secondary N) is 1. The van der Waals surface area contributed by atoms with Crippen LogP contribution < -0.4 is 10.1 Å². The molecule has 0 aliphatic rings. The second kappa shape index (κ2) is 10.8. The topological polar surface area (TPSA) is 73.9 Å². The van der Waals surface area contributed by atoms with Gasteiger partial charge in [-0.25, -0.2) is 9.59 Å². The fourth-order valence-electron chi connectivity index (χ4n) is 2.22. The molecule has 0 bridgehead atoms. The van der Waals surface area contributed by atoms with Gasteiger partial charge in [-0.15, -0.1) is 0 Å². The summed E-state index contributed by atoms with van der Waals surface area (Å²) in [5.41, 5.74) is 1.92. The van der Waals surface area contributed by atoms with Gasteiger partial charge < -0.3 is 19.5 Å². The predicted octanol–water partition coefficient (Wildman–Crippen LogP) is 3.10. The molecule has 6 heteroatoms. The highest BCUT2D eigenvalue weighted by Crippen LogP contribution is 2.13. The smallest absolute Gasteiger partial charge is 0.407 e. The average Bonchev–Trinajstić information content (AvgIpc) is 2.66. The predicted molar refractivity (Wildman–Crippen MR) is 96.9 cm³/mol. The van der Waals surface area contributed by atoms with E-state index in [0.29, 0.717) is 25.3 Å². The van der Waals surface area contributed by atoms with Gasteiger partial charge in [-0.1, -0.05) is 42.5 Å². The molecule has 0 aliphatic heterocycles. The van der Waals surface area contributed by atoms with Crippen LogP contribution in [0, 0.1) is 0 Å². The first-order valence-corrected chi connectivity index (χ1v) is 8.49. The van der Waals surface area contributed by atoms with Gasteiger partial charge in [-0.2, -0.15) is 0 Å². The lowest BCUT2D eigenvalue weighted by Gasteiger charge is -2.09. The van der Waals surface area contributed by atoms with E-state index in [9.17, 15) is 9.59 Å². The van der Waals surface area contributed by atoms with Crippen molar-refractivity contribution in [2.75, 3.05) is 19.8 Å². The maximum atomic E-state index is 11.7. The second-order valence-electron chi connectivity index (χ2n) is 5.48. The lowest BCUT2D eigenvalue weighted by molar-refractivity contribution is -0.145. The maximum Gasteiger partial charge on any atom is 0.407 e. The van der Waals surface area contributed by atoms with Crippen LogP contribution in [-0.4, -0.2) is 31.8 Å². The minimum absolute atomic E-state index is 0.124. The Bertz CT molecular complexity index is 702. The first-order valence-electron chi connectivity index (χ1n) is 8.49. The number of amides is 1. The minimum Gasteiger partial charge on any atom is -0.482 e. The number of rotatable bonds is 9. The highest BCUT2D eigenvalue weighted by molar-refractivity contribution is 5.71. The van der Waals surface area contributed by atoms with Gasteiger partial charge >= 0.3 is 12.1 Å². The molecule has 0 saturated carbocycles. The number of carbonyl (C=O) groups excluding carboxylic acids is 2. The fraction of sp³-hybridized carbons (Fsp3) is 0.300. The van der Waals surface area contributed by atoms with Gasteiger partial charge in [-0.05, 0) is 36.6 Å². The van der Waals surface area contributed by atoms with E-state index in [2.05, 4.69) is 5.32 Å². The van der Waals surface area contributed by atoms with Crippen LogP contribution in [0.2, 0.25) is 0 Å². The molecule has 26 heavy (non-hydrogen) atoms. The zero-order chi connectivity index (χ0) is 18.6. The van der Waals surface area contributed by atoms with Gasteiger partial charge in [-0.3, -0.25) is 0 Å². The largest absolute Gasteiger partial charge is 0.482 e. The third kappa shape index (κ3) is 7.25. The van der Waals surface area contributed by atoms with Crippen molar-refractivity contribution in [3.05, 3.63) is 65.7 Å². The lowest BCUT2D eigenvalue weighted by Crippen LogP contribution is -2.26. The summed E-state index contributed by atoms with van der Waals surface area (Å²) in [6, 6.07) is 16.9. The Hall–Kier alpha value is -3.02. The van der Waals surface area contributed by atoms with Crippen molar-refractivity contribution in [1.82, 2.24) is 5.32 Å². The van der Waals surface area contributed by atoms with Crippen LogP contribution in [0.15, 0.2) is 54.6 Å². The Kier molecular flexibility index (Phi) is 7.99. The molecule has 0 spiro atoms. The van der Waals surface area contributed by atoms with Crippen LogP contribution in [0.25, 0.3) is 0 Å². The summed E-state index contributed by atoms with van der Waals surface area (Å²) in [6.07, 6.45) is 0.167. The number of benzene rings is 2. The molecule has 0 saturated heterocycles. The average molecular weight is 357 g/mol. The van der Waals surface area contributed by atoms with Crippen LogP contribution >= 0.6 is 0 Å². The Morgan fingerprint density at radius 3 is 2.50 bits per heavy atom. The van der Waals surface area contributed by atoms with E-state index in [1.807, 2.05) is 48.5 Å². The van der Waals surface area contributed by atoms with Gasteiger partial charge in [0.1, 0.15) is 12.4 Å². The summed E-state index contributed by atoms with van der Waals surface area (Å²) in [5, 5.41) is 2.71. The minimum atomic E-state index is -0.455. The van der Waals surface area contributed by atoms with Crippen LogP contribution in [0.4, 0.5) is 4.79 Å². The molecule has 0 unspecified atom stereocenters. The molecule has 2 rings (SSSR count). The zero-order valence-corrected chi connectivity index (χ0v) is 14.8. The summed E-state index contributed by atoms with van der Waals surface area (Å²) in [6.45, 7) is 2.63. The third-order valence-corrected chi connectivity index (χ3v) is 3.46. The van der Waals surface area contributed by atoms with Crippen molar-refractivity contribution in [3.8, 4) is 5.75 Å². The van der Waals surface area contributed by atoms with E-state index < -0.39 is 12.1 Å². The summed E-state index contributed by atoms with van der Waals surface area (Å²) in [7, 11) is 0. The van der Waals surface area contributed by atoms with E-state index in [1.165, 1.54) is 0 Å². The summed E-state index contributed by atoms with van der Waals surface area (Å²) >= 11 is 0. The molecule has 0 atom stereocenters. The Morgan fingerprint density at radius 2 is 1.73 bits per heavy atom. The molecular weight excluding hydrogens is 334 g/mol. The van der Waals surface area contributed by atoms with E-state index in [0.717, 1.165) is 11.1 Å². The van der Waals surface area contributed by atoms with E-state index in [4.69, 9.17) is 14.2 Å². The standard InChI is InChI=1S/C20H23NO5/c1-2-24-19(22)15-25-18-10-6-9-16(13-18)11-12-21-20(23)26-14-17-7-4-3-5-8-17/h3-10,13H,2,11-12,14-15H2,1H3,(H,21,23). The van der Waals surface area contributed by atoms with Crippen molar-refractivity contribution < 1.29 is 23.8 Å². The highest BCUT2D eigenvalue weighted by Gasteiger charge is 2.05. The molecule has 138 valence electrons. The first-order chi connectivity index (χ1) is 12.7. The molecule has 1 N–H and O–H groups in total. The van der Waals surface area contributed by atoms with Crippen molar-refractivity contribution in [3.63, 3.8) is 0 Å². The summed E-state index contributed by atoms with van der Waals surface area (Å²) in [5.74, 6) is 0.183. The van der Waals surface area contributed by atoms with Crippen LogP contribution in [0.1, 0.15) is 18.1 Å². The quantitative estimate of drug-likeness (QED) is 0.698. The number of esters is 1. The Labute approximate surface area is 153 Å². The summed E-state index contributed by atoms with van der Waals surface area (Å²) < 4.78 is 15.4. The van der Waals surface area contributed by atoms with Crippen molar-refractivity contribution in [2.24, 2.45) is 0 Å². The molecule has 0 aliphatic carbocycles. The highest BCUT2D eigenvalue weighted by atomic mass is 16.6. The lowest BCUT2D eigenvalue weighted by atomic mass is 10.1.